The van der Waals surface area contributed by atoms with Crippen LogP contribution in [0.1, 0.15) is 38.4 Å². The van der Waals surface area contributed by atoms with Crippen LogP contribution in [0.4, 0.5) is 0 Å². The van der Waals surface area contributed by atoms with Gasteiger partial charge in [-0.1, -0.05) is 35.9 Å². The number of benzene rings is 2. The zero-order chi connectivity index (χ0) is 21.4. The molecule has 6 heteroatoms. The fourth-order valence-corrected chi connectivity index (χ4v) is 3.75. The number of nitrogens with one attached hydrogen (secondary N) is 1. The van der Waals surface area contributed by atoms with E-state index in [1.807, 2.05) is 54.9 Å². The number of hydrogen-bond donors (Lipinski definition) is 1. The Balaban J connectivity index is 1.76. The standard InChI is InChI=1S/C24H23ClN4O/c1-14-9-10-19(11-15(14)2)29-23-22(17(4)28-29)20(12-16(3)27-23)24(30)26-13-18-7-5-6-8-21(18)25/h5-12H,13H2,1-4H3,(H,26,30). The van der Waals surface area contributed by atoms with Gasteiger partial charge in [0.15, 0.2) is 5.65 Å². The monoisotopic (exact) mass is 418 g/mol. The van der Waals surface area contributed by atoms with Gasteiger partial charge in [0.2, 0.25) is 0 Å². The van der Waals surface area contributed by atoms with Crippen LogP contribution in [-0.2, 0) is 6.54 Å². The lowest BCUT2D eigenvalue weighted by Gasteiger charge is -2.10. The summed E-state index contributed by atoms with van der Waals surface area (Å²) in [6, 6.07) is 15.5. The number of fused-ring (bicyclic) bond motifs is 1. The maximum absolute atomic E-state index is 13.1. The molecular formula is C24H23ClN4O. The lowest BCUT2D eigenvalue weighted by atomic mass is 10.1. The summed E-state index contributed by atoms with van der Waals surface area (Å²) in [7, 11) is 0. The highest BCUT2D eigenvalue weighted by Crippen LogP contribution is 2.26. The predicted molar refractivity (Wildman–Crippen MR) is 120 cm³/mol. The molecule has 1 N–H and O–H groups in total. The van der Waals surface area contributed by atoms with E-state index >= 15 is 0 Å². The SMILES string of the molecule is Cc1cc(C(=O)NCc2ccccc2Cl)c2c(C)nn(-c3ccc(C)c(C)c3)c2n1. The average Bonchev–Trinajstić information content (AvgIpc) is 3.05. The maximum Gasteiger partial charge on any atom is 0.252 e. The highest BCUT2D eigenvalue weighted by Gasteiger charge is 2.20. The van der Waals surface area contributed by atoms with Crippen molar-refractivity contribution in [1.82, 2.24) is 20.1 Å². The smallest absolute Gasteiger partial charge is 0.252 e. The molecular weight excluding hydrogens is 396 g/mol. The second kappa shape index (κ2) is 7.92. The largest absolute Gasteiger partial charge is 0.348 e. The first-order valence-corrected chi connectivity index (χ1v) is 10.2. The van der Waals surface area contributed by atoms with E-state index in [0.29, 0.717) is 22.8 Å². The molecule has 0 bridgehead atoms. The number of carbonyl (C=O) groups excluding carboxylic acids is 1. The summed E-state index contributed by atoms with van der Waals surface area (Å²) in [6.07, 6.45) is 0. The number of aryl methyl sites for hydroxylation is 4. The second-order valence-corrected chi connectivity index (χ2v) is 7.96. The minimum Gasteiger partial charge on any atom is -0.348 e. The van der Waals surface area contributed by atoms with E-state index in [1.54, 1.807) is 0 Å². The van der Waals surface area contributed by atoms with E-state index in [0.717, 1.165) is 28.0 Å². The van der Waals surface area contributed by atoms with Crippen molar-refractivity contribution in [3.05, 3.63) is 87.2 Å². The van der Waals surface area contributed by atoms with E-state index in [9.17, 15) is 4.79 Å². The summed E-state index contributed by atoms with van der Waals surface area (Å²) in [5.74, 6) is -0.173. The van der Waals surface area contributed by atoms with Crippen LogP contribution in [0.25, 0.3) is 16.7 Å². The van der Waals surface area contributed by atoms with Gasteiger partial charge in [-0.15, -0.1) is 0 Å². The third kappa shape index (κ3) is 3.68. The number of hydrogen-bond acceptors (Lipinski definition) is 3. The fraction of sp³-hybridized carbons (Fsp3) is 0.208. The third-order valence-electron chi connectivity index (χ3n) is 5.32. The molecule has 0 fully saturated rings. The van der Waals surface area contributed by atoms with Gasteiger partial charge >= 0.3 is 0 Å². The van der Waals surface area contributed by atoms with Crippen LogP contribution < -0.4 is 5.32 Å². The number of carbonyl (C=O) groups is 1. The number of pyridine rings is 1. The topological polar surface area (TPSA) is 59.8 Å². The minimum atomic E-state index is -0.173. The van der Waals surface area contributed by atoms with Gasteiger partial charge in [0.05, 0.1) is 22.3 Å². The second-order valence-electron chi connectivity index (χ2n) is 7.55. The van der Waals surface area contributed by atoms with Gasteiger partial charge in [-0.3, -0.25) is 4.79 Å². The van der Waals surface area contributed by atoms with Crippen molar-refractivity contribution in [3.8, 4) is 5.69 Å². The number of amides is 1. The summed E-state index contributed by atoms with van der Waals surface area (Å²) in [6.45, 7) is 8.30. The molecule has 0 saturated heterocycles. The van der Waals surface area contributed by atoms with E-state index in [-0.39, 0.29) is 5.91 Å². The van der Waals surface area contributed by atoms with Crippen LogP contribution in [0.2, 0.25) is 5.02 Å². The Morgan fingerprint density at radius 2 is 1.80 bits per heavy atom. The van der Waals surface area contributed by atoms with Crippen molar-refractivity contribution in [2.75, 3.05) is 0 Å². The van der Waals surface area contributed by atoms with Crippen molar-refractivity contribution < 1.29 is 4.79 Å². The van der Waals surface area contributed by atoms with Crippen LogP contribution in [0.3, 0.4) is 0 Å². The Kier molecular flexibility index (Phi) is 5.31. The van der Waals surface area contributed by atoms with E-state index in [4.69, 9.17) is 21.7 Å². The highest BCUT2D eigenvalue weighted by molar-refractivity contribution is 6.31. The van der Waals surface area contributed by atoms with Crippen LogP contribution in [0.15, 0.2) is 48.5 Å². The summed E-state index contributed by atoms with van der Waals surface area (Å²) in [5, 5.41) is 9.07. The van der Waals surface area contributed by atoms with E-state index < -0.39 is 0 Å². The Morgan fingerprint density at radius 3 is 2.53 bits per heavy atom. The molecule has 0 aliphatic rings. The van der Waals surface area contributed by atoms with Gasteiger partial charge in [-0.2, -0.15) is 5.10 Å². The van der Waals surface area contributed by atoms with Crippen molar-refractivity contribution in [1.29, 1.82) is 0 Å². The molecule has 0 aliphatic carbocycles. The molecule has 5 nitrogen and oxygen atoms in total. The Bertz CT molecular complexity index is 1280. The van der Waals surface area contributed by atoms with Crippen molar-refractivity contribution in [2.45, 2.75) is 34.2 Å². The Hall–Kier alpha value is -3.18. The first kappa shape index (κ1) is 20.1. The molecule has 0 aliphatic heterocycles. The van der Waals surface area contributed by atoms with Crippen LogP contribution in [0, 0.1) is 27.7 Å². The molecule has 0 atom stereocenters. The summed E-state index contributed by atoms with van der Waals surface area (Å²) in [5.41, 5.74) is 6.97. The highest BCUT2D eigenvalue weighted by atomic mass is 35.5. The van der Waals surface area contributed by atoms with Gasteiger partial charge in [0, 0.05) is 17.3 Å². The van der Waals surface area contributed by atoms with Crippen molar-refractivity contribution in [2.24, 2.45) is 0 Å². The third-order valence-corrected chi connectivity index (χ3v) is 5.69. The average molecular weight is 419 g/mol. The summed E-state index contributed by atoms with van der Waals surface area (Å²) < 4.78 is 1.81. The van der Waals surface area contributed by atoms with Gasteiger partial charge in [0.1, 0.15) is 0 Å². The zero-order valence-corrected chi connectivity index (χ0v) is 18.2. The van der Waals surface area contributed by atoms with Crippen LogP contribution >= 0.6 is 11.6 Å². The molecule has 0 radical (unpaired) electrons. The number of nitrogens with zero attached hydrogens (tertiary/aromatic N) is 3. The molecule has 0 saturated carbocycles. The summed E-state index contributed by atoms with van der Waals surface area (Å²) >= 11 is 6.22. The first-order chi connectivity index (χ1) is 14.3. The van der Waals surface area contributed by atoms with Gasteiger partial charge < -0.3 is 5.32 Å². The number of rotatable bonds is 4. The molecule has 4 rings (SSSR count). The van der Waals surface area contributed by atoms with Crippen molar-refractivity contribution in [3.63, 3.8) is 0 Å². The molecule has 30 heavy (non-hydrogen) atoms. The minimum absolute atomic E-state index is 0.173. The number of aromatic nitrogens is 3. The van der Waals surface area contributed by atoms with E-state index in [1.165, 1.54) is 11.1 Å². The molecule has 0 spiro atoms. The first-order valence-electron chi connectivity index (χ1n) is 9.81. The molecule has 4 aromatic rings. The van der Waals surface area contributed by atoms with Crippen LogP contribution in [0.5, 0.6) is 0 Å². The van der Waals surface area contributed by atoms with Gasteiger partial charge in [-0.25, -0.2) is 9.67 Å². The van der Waals surface area contributed by atoms with Crippen LogP contribution in [-0.4, -0.2) is 20.7 Å². The zero-order valence-electron chi connectivity index (χ0n) is 17.5. The number of halogens is 1. The molecule has 152 valence electrons. The Morgan fingerprint density at radius 1 is 1.03 bits per heavy atom. The lowest BCUT2D eigenvalue weighted by molar-refractivity contribution is 0.0952. The van der Waals surface area contributed by atoms with Gasteiger partial charge in [0.25, 0.3) is 5.91 Å². The molecule has 2 aromatic carbocycles. The summed E-state index contributed by atoms with van der Waals surface area (Å²) in [4.78, 5) is 17.8. The fourth-order valence-electron chi connectivity index (χ4n) is 3.54. The molecule has 0 unspecified atom stereocenters. The molecule has 1 amide bonds. The van der Waals surface area contributed by atoms with Crippen molar-refractivity contribution >= 4 is 28.5 Å². The van der Waals surface area contributed by atoms with Gasteiger partial charge in [-0.05, 0) is 68.7 Å². The molecule has 2 heterocycles. The lowest BCUT2D eigenvalue weighted by Crippen LogP contribution is -2.23. The normalized spacial score (nSPS) is 11.1. The molecule has 2 aromatic heterocycles. The quantitative estimate of drug-likeness (QED) is 0.493. The maximum atomic E-state index is 13.1. The predicted octanol–water partition coefficient (Wildman–Crippen LogP) is 5.24. The van der Waals surface area contributed by atoms with E-state index in [2.05, 4.69) is 31.3 Å². The Labute approximate surface area is 180 Å².